The lowest BCUT2D eigenvalue weighted by Crippen LogP contribution is -2.46. The number of alkyl halides is 3. The average Bonchev–Trinajstić information content (AvgIpc) is 2.04. The predicted octanol–water partition coefficient (Wildman–Crippen LogP) is 0.580. The molecule has 0 saturated heterocycles. The Labute approximate surface area is 81.7 Å². The lowest BCUT2D eigenvalue weighted by atomic mass is 10.2. The second kappa shape index (κ2) is 6.21. The Bertz CT molecular complexity index is 148. The Morgan fingerprint density at radius 3 is 2.29 bits per heavy atom. The SMILES string of the molecule is CCC(CN)N(CCO)CC(F)(F)F. The minimum atomic E-state index is -4.24. The molecular formula is C8H17F3N2O. The van der Waals surface area contributed by atoms with Gasteiger partial charge in [0.25, 0.3) is 0 Å². The van der Waals surface area contributed by atoms with Crippen LogP contribution in [0, 0.1) is 0 Å². The fraction of sp³-hybridized carbons (Fsp3) is 1.00. The van der Waals surface area contributed by atoms with Gasteiger partial charge in [-0.2, -0.15) is 13.2 Å². The lowest BCUT2D eigenvalue weighted by molar-refractivity contribution is -0.151. The molecule has 1 atom stereocenters. The van der Waals surface area contributed by atoms with Crippen LogP contribution < -0.4 is 5.73 Å². The number of hydrogen-bond donors (Lipinski definition) is 2. The first-order chi connectivity index (χ1) is 6.44. The highest BCUT2D eigenvalue weighted by Gasteiger charge is 2.32. The third kappa shape index (κ3) is 5.41. The summed E-state index contributed by atoms with van der Waals surface area (Å²) in [6, 6.07) is -0.316. The largest absolute Gasteiger partial charge is 0.401 e. The normalized spacial score (nSPS) is 14.8. The smallest absolute Gasteiger partial charge is 0.395 e. The van der Waals surface area contributed by atoms with E-state index in [2.05, 4.69) is 0 Å². The molecule has 0 amide bonds. The number of nitrogens with two attached hydrogens (primary N) is 1. The van der Waals surface area contributed by atoms with Gasteiger partial charge in [0.2, 0.25) is 0 Å². The molecule has 6 heteroatoms. The number of rotatable bonds is 6. The van der Waals surface area contributed by atoms with Gasteiger partial charge in [-0.1, -0.05) is 6.92 Å². The maximum atomic E-state index is 12.1. The van der Waals surface area contributed by atoms with Gasteiger partial charge in [0.1, 0.15) is 0 Å². The van der Waals surface area contributed by atoms with Gasteiger partial charge in [-0.15, -0.1) is 0 Å². The van der Waals surface area contributed by atoms with Crippen molar-refractivity contribution in [1.29, 1.82) is 0 Å². The zero-order chi connectivity index (χ0) is 11.2. The van der Waals surface area contributed by atoms with Gasteiger partial charge >= 0.3 is 6.18 Å². The monoisotopic (exact) mass is 214 g/mol. The molecule has 0 aliphatic rings. The van der Waals surface area contributed by atoms with Crippen molar-refractivity contribution in [1.82, 2.24) is 4.90 Å². The van der Waals surface area contributed by atoms with Crippen LogP contribution in [0.1, 0.15) is 13.3 Å². The van der Waals surface area contributed by atoms with Crippen LogP contribution in [0.5, 0.6) is 0 Å². The topological polar surface area (TPSA) is 49.5 Å². The maximum absolute atomic E-state index is 12.1. The maximum Gasteiger partial charge on any atom is 0.401 e. The summed E-state index contributed by atoms with van der Waals surface area (Å²) in [4.78, 5) is 1.17. The molecule has 0 aromatic rings. The van der Waals surface area contributed by atoms with Crippen molar-refractivity contribution in [2.24, 2.45) is 5.73 Å². The highest BCUT2D eigenvalue weighted by atomic mass is 19.4. The van der Waals surface area contributed by atoms with Crippen LogP contribution in [-0.2, 0) is 0 Å². The van der Waals surface area contributed by atoms with E-state index in [4.69, 9.17) is 10.8 Å². The van der Waals surface area contributed by atoms with E-state index in [1.54, 1.807) is 6.92 Å². The van der Waals surface area contributed by atoms with Crippen LogP contribution in [0.25, 0.3) is 0 Å². The average molecular weight is 214 g/mol. The summed E-state index contributed by atoms with van der Waals surface area (Å²) in [6.45, 7) is 0.663. The molecule has 0 spiro atoms. The Kier molecular flexibility index (Phi) is 6.06. The zero-order valence-electron chi connectivity index (χ0n) is 8.22. The first-order valence-electron chi connectivity index (χ1n) is 4.56. The van der Waals surface area contributed by atoms with Gasteiger partial charge in [0.05, 0.1) is 13.2 Å². The van der Waals surface area contributed by atoms with E-state index in [0.29, 0.717) is 6.42 Å². The van der Waals surface area contributed by atoms with Gasteiger partial charge in [-0.25, -0.2) is 0 Å². The summed E-state index contributed by atoms with van der Waals surface area (Å²) in [7, 11) is 0. The molecular weight excluding hydrogens is 197 g/mol. The molecule has 1 unspecified atom stereocenters. The van der Waals surface area contributed by atoms with Gasteiger partial charge in [0.15, 0.2) is 0 Å². The van der Waals surface area contributed by atoms with Crippen LogP contribution in [-0.4, -0.2) is 48.5 Å². The van der Waals surface area contributed by atoms with Crippen molar-refractivity contribution >= 4 is 0 Å². The molecule has 0 bridgehead atoms. The first kappa shape index (κ1) is 13.7. The van der Waals surface area contributed by atoms with Gasteiger partial charge in [-0.3, -0.25) is 4.90 Å². The van der Waals surface area contributed by atoms with Gasteiger partial charge in [0, 0.05) is 19.1 Å². The third-order valence-electron chi connectivity index (χ3n) is 2.03. The fourth-order valence-corrected chi connectivity index (χ4v) is 1.32. The molecule has 0 radical (unpaired) electrons. The van der Waals surface area contributed by atoms with Crippen molar-refractivity contribution in [2.45, 2.75) is 25.6 Å². The van der Waals surface area contributed by atoms with E-state index in [0.717, 1.165) is 0 Å². The van der Waals surface area contributed by atoms with Crippen molar-refractivity contribution in [3.05, 3.63) is 0 Å². The Morgan fingerprint density at radius 2 is 2.00 bits per heavy atom. The summed E-state index contributed by atoms with van der Waals surface area (Å²) >= 11 is 0. The summed E-state index contributed by atoms with van der Waals surface area (Å²) in [5, 5.41) is 8.62. The van der Waals surface area contributed by atoms with Crippen LogP contribution in [0.4, 0.5) is 13.2 Å². The Morgan fingerprint density at radius 1 is 1.43 bits per heavy atom. The van der Waals surface area contributed by atoms with Crippen molar-refractivity contribution in [3.63, 3.8) is 0 Å². The van der Waals surface area contributed by atoms with Crippen LogP contribution >= 0.6 is 0 Å². The molecule has 3 nitrogen and oxygen atoms in total. The summed E-state index contributed by atoms with van der Waals surface area (Å²) < 4.78 is 36.3. The highest BCUT2D eigenvalue weighted by Crippen LogP contribution is 2.18. The molecule has 0 aliphatic carbocycles. The molecule has 0 aliphatic heterocycles. The number of nitrogens with zero attached hydrogens (tertiary/aromatic N) is 1. The summed E-state index contributed by atoms with van der Waals surface area (Å²) in [6.07, 6.45) is -3.69. The van der Waals surface area contributed by atoms with Gasteiger partial charge < -0.3 is 10.8 Å². The number of hydrogen-bond acceptors (Lipinski definition) is 3. The van der Waals surface area contributed by atoms with Crippen molar-refractivity contribution in [3.8, 4) is 0 Å². The van der Waals surface area contributed by atoms with E-state index in [-0.39, 0.29) is 25.7 Å². The van der Waals surface area contributed by atoms with Crippen LogP contribution in [0.2, 0.25) is 0 Å². The second-order valence-corrected chi connectivity index (χ2v) is 3.11. The third-order valence-corrected chi connectivity index (χ3v) is 2.03. The number of aliphatic hydroxyl groups excluding tert-OH is 1. The molecule has 14 heavy (non-hydrogen) atoms. The lowest BCUT2D eigenvalue weighted by Gasteiger charge is -2.30. The molecule has 0 rings (SSSR count). The van der Waals surface area contributed by atoms with Gasteiger partial charge in [-0.05, 0) is 6.42 Å². The molecule has 0 fully saturated rings. The number of aliphatic hydroxyl groups is 1. The molecule has 3 N–H and O–H groups in total. The summed E-state index contributed by atoms with van der Waals surface area (Å²) in [5.74, 6) is 0. The zero-order valence-corrected chi connectivity index (χ0v) is 8.22. The minimum absolute atomic E-state index is 0.00914. The van der Waals surface area contributed by atoms with E-state index in [1.807, 2.05) is 0 Å². The molecule has 0 aromatic heterocycles. The molecule has 0 heterocycles. The minimum Gasteiger partial charge on any atom is -0.395 e. The summed E-state index contributed by atoms with van der Waals surface area (Å²) in [5.41, 5.74) is 5.34. The quantitative estimate of drug-likeness (QED) is 0.680. The standard InChI is InChI=1S/C8H17F3N2O/c1-2-7(5-12)13(3-4-14)6-8(9,10)11/h7,14H,2-6,12H2,1H3. The Hall–Kier alpha value is -0.330. The van der Waals surface area contributed by atoms with E-state index in [1.165, 1.54) is 4.90 Å². The highest BCUT2D eigenvalue weighted by molar-refractivity contribution is 4.73. The Balaban J connectivity index is 4.26. The molecule has 0 aromatic carbocycles. The van der Waals surface area contributed by atoms with Crippen LogP contribution in [0.3, 0.4) is 0 Å². The van der Waals surface area contributed by atoms with Crippen molar-refractivity contribution < 1.29 is 18.3 Å². The van der Waals surface area contributed by atoms with E-state index < -0.39 is 12.7 Å². The van der Waals surface area contributed by atoms with Crippen molar-refractivity contribution in [2.75, 3.05) is 26.2 Å². The molecule has 0 saturated carbocycles. The number of halogens is 3. The van der Waals surface area contributed by atoms with E-state index in [9.17, 15) is 13.2 Å². The van der Waals surface area contributed by atoms with Crippen LogP contribution in [0.15, 0.2) is 0 Å². The fourth-order valence-electron chi connectivity index (χ4n) is 1.32. The first-order valence-corrected chi connectivity index (χ1v) is 4.56. The van der Waals surface area contributed by atoms with E-state index >= 15 is 0 Å². The predicted molar refractivity (Wildman–Crippen MR) is 47.8 cm³/mol. The second-order valence-electron chi connectivity index (χ2n) is 3.11. The molecule has 86 valence electrons.